The molecule has 0 atom stereocenters. The van der Waals surface area contributed by atoms with Crippen molar-refractivity contribution in [2.24, 2.45) is 0 Å². The Morgan fingerprint density at radius 2 is 1.65 bits per heavy atom. The fraction of sp³-hybridized carbons (Fsp3) is 0. The normalized spacial score (nSPS) is 11.7. The molecular formula is C19H14O4. The van der Waals surface area contributed by atoms with Gasteiger partial charge in [0, 0.05) is 6.07 Å². The van der Waals surface area contributed by atoms with E-state index in [1.165, 1.54) is 18.2 Å². The number of fused-ring (bicyclic) bond motifs is 1. The number of rotatable bonds is 3. The first-order valence-corrected chi connectivity index (χ1v) is 7.03. The van der Waals surface area contributed by atoms with Crippen molar-refractivity contribution in [1.29, 1.82) is 0 Å². The molecule has 4 heteroatoms. The molecule has 0 bridgehead atoms. The molecule has 23 heavy (non-hydrogen) atoms. The maximum Gasteiger partial charge on any atom is 0.193 e. The molecule has 0 aliphatic rings. The van der Waals surface area contributed by atoms with Crippen LogP contribution in [0, 0.1) is 0 Å². The summed E-state index contributed by atoms with van der Waals surface area (Å²) < 4.78 is 5.64. The quantitative estimate of drug-likeness (QED) is 0.568. The van der Waals surface area contributed by atoms with Crippen LogP contribution in [0.5, 0.6) is 11.5 Å². The number of allylic oxidation sites excluding steroid dienone is 2. The van der Waals surface area contributed by atoms with E-state index in [0.29, 0.717) is 16.7 Å². The van der Waals surface area contributed by atoms with E-state index in [4.69, 9.17) is 4.42 Å². The number of hydrogen-bond acceptors (Lipinski definition) is 4. The van der Waals surface area contributed by atoms with Crippen LogP contribution in [0.4, 0.5) is 0 Å². The molecule has 114 valence electrons. The van der Waals surface area contributed by atoms with Crippen LogP contribution < -0.4 is 5.43 Å². The number of para-hydroxylation sites is 1. The van der Waals surface area contributed by atoms with Crippen LogP contribution in [-0.4, -0.2) is 10.2 Å². The van der Waals surface area contributed by atoms with Crippen molar-refractivity contribution in [3.05, 3.63) is 82.2 Å². The number of phenolic OH excluding ortho intramolecular Hbond substituents is 2. The Kier molecular flexibility index (Phi) is 3.97. The molecule has 1 heterocycles. The van der Waals surface area contributed by atoms with Gasteiger partial charge in [0.05, 0.1) is 5.39 Å². The standard InChI is InChI=1S/C19H14O4/c20-16-10-9-13(11-18(16)22)5-1-2-6-14-12-17(21)15-7-3-4-8-19(15)23-14/h1-12,20,22H/b5-1+,6-2+. The molecule has 3 aromatic rings. The molecule has 0 fully saturated rings. The Bertz CT molecular complexity index is 965. The van der Waals surface area contributed by atoms with Gasteiger partial charge in [-0.1, -0.05) is 36.4 Å². The third kappa shape index (κ3) is 3.32. The molecule has 0 saturated heterocycles. The molecule has 0 radical (unpaired) electrons. The van der Waals surface area contributed by atoms with Crippen LogP contribution in [0.15, 0.2) is 69.9 Å². The van der Waals surface area contributed by atoms with Crippen LogP contribution in [0.1, 0.15) is 11.3 Å². The van der Waals surface area contributed by atoms with Gasteiger partial charge in [0.25, 0.3) is 0 Å². The molecular weight excluding hydrogens is 292 g/mol. The lowest BCUT2D eigenvalue weighted by Gasteiger charge is -1.98. The zero-order valence-corrected chi connectivity index (χ0v) is 12.1. The summed E-state index contributed by atoms with van der Waals surface area (Å²) in [5, 5.41) is 19.2. The van der Waals surface area contributed by atoms with Crippen molar-refractivity contribution < 1.29 is 14.6 Å². The van der Waals surface area contributed by atoms with E-state index >= 15 is 0 Å². The second-order valence-electron chi connectivity index (χ2n) is 4.98. The van der Waals surface area contributed by atoms with E-state index in [1.807, 2.05) is 6.07 Å². The van der Waals surface area contributed by atoms with Gasteiger partial charge in [-0.2, -0.15) is 0 Å². The lowest BCUT2D eigenvalue weighted by molar-refractivity contribution is 0.403. The SMILES string of the molecule is O=c1cc(/C=C/C=C/c2ccc(O)c(O)c2)oc2ccccc12. The first-order valence-electron chi connectivity index (χ1n) is 7.03. The van der Waals surface area contributed by atoms with Gasteiger partial charge in [0.2, 0.25) is 0 Å². The summed E-state index contributed by atoms with van der Waals surface area (Å²) in [6, 6.07) is 13.1. The first kappa shape index (κ1) is 14.7. The van der Waals surface area contributed by atoms with Gasteiger partial charge in [-0.3, -0.25) is 4.79 Å². The number of benzene rings is 2. The minimum absolute atomic E-state index is 0.0843. The van der Waals surface area contributed by atoms with Gasteiger partial charge in [0.15, 0.2) is 16.9 Å². The number of aromatic hydroxyl groups is 2. The average Bonchev–Trinajstić information content (AvgIpc) is 2.55. The molecule has 0 spiro atoms. The molecule has 0 saturated carbocycles. The van der Waals surface area contributed by atoms with E-state index in [-0.39, 0.29) is 16.9 Å². The molecule has 2 N–H and O–H groups in total. The fourth-order valence-corrected chi connectivity index (χ4v) is 2.17. The fourth-order valence-electron chi connectivity index (χ4n) is 2.17. The maximum absolute atomic E-state index is 12.0. The van der Waals surface area contributed by atoms with Gasteiger partial charge in [0.1, 0.15) is 11.3 Å². The van der Waals surface area contributed by atoms with Crippen molar-refractivity contribution >= 4 is 23.1 Å². The lowest BCUT2D eigenvalue weighted by atomic mass is 10.2. The zero-order valence-electron chi connectivity index (χ0n) is 12.1. The Morgan fingerprint density at radius 3 is 2.48 bits per heavy atom. The van der Waals surface area contributed by atoms with Gasteiger partial charge >= 0.3 is 0 Å². The van der Waals surface area contributed by atoms with Gasteiger partial charge in [-0.15, -0.1) is 0 Å². The molecule has 3 rings (SSSR count). The van der Waals surface area contributed by atoms with Crippen molar-refractivity contribution in [2.75, 3.05) is 0 Å². The molecule has 0 unspecified atom stereocenters. The maximum atomic E-state index is 12.0. The van der Waals surface area contributed by atoms with Crippen molar-refractivity contribution in [2.45, 2.75) is 0 Å². The third-order valence-electron chi connectivity index (χ3n) is 3.31. The van der Waals surface area contributed by atoms with Crippen LogP contribution in [0.3, 0.4) is 0 Å². The molecule has 4 nitrogen and oxygen atoms in total. The third-order valence-corrected chi connectivity index (χ3v) is 3.31. The summed E-state index contributed by atoms with van der Waals surface area (Å²) in [7, 11) is 0. The predicted molar refractivity (Wildman–Crippen MR) is 90.3 cm³/mol. The second-order valence-corrected chi connectivity index (χ2v) is 4.98. The highest BCUT2D eigenvalue weighted by molar-refractivity contribution is 5.77. The highest BCUT2D eigenvalue weighted by Gasteiger charge is 2.01. The predicted octanol–water partition coefficient (Wildman–Crippen LogP) is 3.93. The van der Waals surface area contributed by atoms with E-state index < -0.39 is 0 Å². The van der Waals surface area contributed by atoms with E-state index in [0.717, 1.165) is 5.56 Å². The number of phenols is 2. The Balaban J connectivity index is 1.81. The van der Waals surface area contributed by atoms with Crippen LogP contribution in [0.2, 0.25) is 0 Å². The summed E-state index contributed by atoms with van der Waals surface area (Å²) in [6.45, 7) is 0. The molecule has 0 aliphatic heterocycles. The summed E-state index contributed by atoms with van der Waals surface area (Å²) in [4.78, 5) is 12.0. The average molecular weight is 306 g/mol. The van der Waals surface area contributed by atoms with Crippen LogP contribution >= 0.6 is 0 Å². The van der Waals surface area contributed by atoms with E-state index in [2.05, 4.69) is 0 Å². The Morgan fingerprint density at radius 1 is 0.870 bits per heavy atom. The topological polar surface area (TPSA) is 70.7 Å². The lowest BCUT2D eigenvalue weighted by Crippen LogP contribution is -1.99. The summed E-state index contributed by atoms with van der Waals surface area (Å²) in [5.41, 5.74) is 1.20. The summed E-state index contributed by atoms with van der Waals surface area (Å²) in [5.74, 6) is 0.138. The number of hydrogen-bond donors (Lipinski definition) is 2. The smallest absolute Gasteiger partial charge is 0.193 e. The highest BCUT2D eigenvalue weighted by atomic mass is 16.3. The largest absolute Gasteiger partial charge is 0.504 e. The first-order chi connectivity index (χ1) is 11.1. The molecule has 0 amide bonds. The van der Waals surface area contributed by atoms with Crippen molar-refractivity contribution in [1.82, 2.24) is 0 Å². The molecule has 2 aromatic carbocycles. The van der Waals surface area contributed by atoms with Crippen molar-refractivity contribution in [3.63, 3.8) is 0 Å². The summed E-state index contributed by atoms with van der Waals surface area (Å²) >= 11 is 0. The van der Waals surface area contributed by atoms with Gasteiger partial charge < -0.3 is 14.6 Å². The molecule has 0 aliphatic carbocycles. The van der Waals surface area contributed by atoms with Gasteiger partial charge in [-0.05, 0) is 35.9 Å². The zero-order chi connectivity index (χ0) is 16.2. The Labute approximate surface area is 132 Å². The van der Waals surface area contributed by atoms with Gasteiger partial charge in [-0.25, -0.2) is 0 Å². The highest BCUT2D eigenvalue weighted by Crippen LogP contribution is 2.25. The molecule has 1 aromatic heterocycles. The monoisotopic (exact) mass is 306 g/mol. The van der Waals surface area contributed by atoms with E-state index in [1.54, 1.807) is 48.6 Å². The Hall–Kier alpha value is -3.27. The van der Waals surface area contributed by atoms with Crippen LogP contribution in [-0.2, 0) is 0 Å². The van der Waals surface area contributed by atoms with Crippen molar-refractivity contribution in [3.8, 4) is 11.5 Å². The minimum atomic E-state index is -0.170. The van der Waals surface area contributed by atoms with E-state index in [9.17, 15) is 15.0 Å². The minimum Gasteiger partial charge on any atom is -0.504 e. The van der Waals surface area contributed by atoms with Crippen LogP contribution in [0.25, 0.3) is 23.1 Å². The second kappa shape index (κ2) is 6.23. The summed E-state index contributed by atoms with van der Waals surface area (Å²) in [6.07, 6.45) is 6.93.